The zero-order valence-electron chi connectivity index (χ0n) is 9.43. The molecule has 1 saturated heterocycles. The SMILES string of the molecule is NC(CN1CCOCC1=O)c1cccc(F)c1. The summed E-state index contributed by atoms with van der Waals surface area (Å²) in [6.45, 7) is 1.57. The minimum Gasteiger partial charge on any atom is -0.370 e. The van der Waals surface area contributed by atoms with Gasteiger partial charge in [0.15, 0.2) is 0 Å². The molecule has 1 aliphatic heterocycles. The molecule has 0 spiro atoms. The number of ether oxygens (including phenoxy) is 1. The molecule has 1 heterocycles. The molecule has 1 aromatic rings. The second kappa shape index (κ2) is 5.25. The highest BCUT2D eigenvalue weighted by Gasteiger charge is 2.21. The summed E-state index contributed by atoms with van der Waals surface area (Å²) in [6, 6.07) is 5.78. The number of halogens is 1. The van der Waals surface area contributed by atoms with Crippen LogP contribution in [0.25, 0.3) is 0 Å². The van der Waals surface area contributed by atoms with Crippen LogP contribution in [0.1, 0.15) is 11.6 Å². The van der Waals surface area contributed by atoms with Crippen LogP contribution in [0.15, 0.2) is 24.3 Å². The predicted molar refractivity (Wildman–Crippen MR) is 60.7 cm³/mol. The van der Waals surface area contributed by atoms with Crippen LogP contribution in [0.3, 0.4) is 0 Å². The van der Waals surface area contributed by atoms with E-state index in [-0.39, 0.29) is 24.4 Å². The summed E-state index contributed by atoms with van der Waals surface area (Å²) in [6.07, 6.45) is 0. The molecule has 17 heavy (non-hydrogen) atoms. The van der Waals surface area contributed by atoms with Gasteiger partial charge >= 0.3 is 0 Å². The molecular weight excluding hydrogens is 223 g/mol. The van der Waals surface area contributed by atoms with E-state index in [1.807, 2.05) is 0 Å². The summed E-state index contributed by atoms with van der Waals surface area (Å²) >= 11 is 0. The number of hydrogen-bond donors (Lipinski definition) is 1. The van der Waals surface area contributed by atoms with Crippen molar-refractivity contribution in [3.8, 4) is 0 Å². The smallest absolute Gasteiger partial charge is 0.248 e. The molecule has 1 fully saturated rings. The third-order valence-corrected chi connectivity index (χ3v) is 2.78. The maximum absolute atomic E-state index is 13.0. The second-order valence-corrected chi connectivity index (χ2v) is 4.05. The molecule has 1 aliphatic rings. The molecule has 0 saturated carbocycles. The van der Waals surface area contributed by atoms with Crippen molar-refractivity contribution in [2.45, 2.75) is 6.04 Å². The van der Waals surface area contributed by atoms with Crippen LogP contribution in [0.4, 0.5) is 4.39 Å². The standard InChI is InChI=1S/C12H15FN2O2/c13-10-3-1-2-9(6-10)11(14)7-15-4-5-17-8-12(15)16/h1-3,6,11H,4-5,7-8,14H2. The monoisotopic (exact) mass is 238 g/mol. The molecule has 1 aromatic carbocycles. The number of hydrogen-bond acceptors (Lipinski definition) is 3. The van der Waals surface area contributed by atoms with Gasteiger partial charge in [0.2, 0.25) is 5.91 Å². The quantitative estimate of drug-likeness (QED) is 0.842. The number of carbonyl (C=O) groups is 1. The van der Waals surface area contributed by atoms with Crippen LogP contribution in [-0.2, 0) is 9.53 Å². The van der Waals surface area contributed by atoms with Gasteiger partial charge in [0.1, 0.15) is 12.4 Å². The van der Waals surface area contributed by atoms with Gasteiger partial charge in [-0.15, -0.1) is 0 Å². The third-order valence-electron chi connectivity index (χ3n) is 2.78. The number of morpholine rings is 1. The average Bonchev–Trinajstić information content (AvgIpc) is 2.32. The van der Waals surface area contributed by atoms with E-state index in [4.69, 9.17) is 10.5 Å². The summed E-state index contributed by atoms with van der Waals surface area (Å²) in [5, 5.41) is 0. The van der Waals surface area contributed by atoms with E-state index < -0.39 is 0 Å². The summed E-state index contributed by atoms with van der Waals surface area (Å²) in [4.78, 5) is 13.2. The van der Waals surface area contributed by atoms with Gasteiger partial charge in [-0.05, 0) is 17.7 Å². The molecule has 1 unspecified atom stereocenters. The van der Waals surface area contributed by atoms with Gasteiger partial charge in [-0.1, -0.05) is 12.1 Å². The van der Waals surface area contributed by atoms with E-state index >= 15 is 0 Å². The van der Waals surface area contributed by atoms with E-state index in [0.29, 0.717) is 25.3 Å². The Kier molecular flexibility index (Phi) is 3.71. The highest BCUT2D eigenvalue weighted by atomic mass is 19.1. The van der Waals surface area contributed by atoms with Gasteiger partial charge in [-0.25, -0.2) is 4.39 Å². The molecule has 0 aromatic heterocycles. The Morgan fingerprint density at radius 3 is 3.06 bits per heavy atom. The Balaban J connectivity index is 2.00. The maximum atomic E-state index is 13.0. The Morgan fingerprint density at radius 2 is 2.35 bits per heavy atom. The lowest BCUT2D eigenvalue weighted by molar-refractivity contribution is -0.142. The molecular formula is C12H15FN2O2. The van der Waals surface area contributed by atoms with Crippen molar-refractivity contribution < 1.29 is 13.9 Å². The lowest BCUT2D eigenvalue weighted by Crippen LogP contribution is -2.44. The number of rotatable bonds is 3. The first-order valence-corrected chi connectivity index (χ1v) is 5.53. The molecule has 4 nitrogen and oxygen atoms in total. The number of benzene rings is 1. The van der Waals surface area contributed by atoms with Crippen LogP contribution >= 0.6 is 0 Å². The van der Waals surface area contributed by atoms with Crippen molar-refractivity contribution in [2.24, 2.45) is 5.73 Å². The Hall–Kier alpha value is -1.46. The van der Waals surface area contributed by atoms with Crippen molar-refractivity contribution in [1.82, 2.24) is 4.90 Å². The summed E-state index contributed by atoms with van der Waals surface area (Å²) in [7, 11) is 0. The molecule has 0 aliphatic carbocycles. The van der Waals surface area contributed by atoms with Gasteiger partial charge in [0.05, 0.1) is 6.61 Å². The average molecular weight is 238 g/mol. The zero-order valence-corrected chi connectivity index (χ0v) is 9.43. The molecule has 0 bridgehead atoms. The normalized spacial score (nSPS) is 18.2. The molecule has 2 N–H and O–H groups in total. The topological polar surface area (TPSA) is 55.6 Å². The Bertz CT molecular complexity index is 411. The van der Waals surface area contributed by atoms with Crippen LogP contribution < -0.4 is 5.73 Å². The van der Waals surface area contributed by atoms with Crippen molar-refractivity contribution in [2.75, 3.05) is 26.3 Å². The van der Waals surface area contributed by atoms with E-state index in [9.17, 15) is 9.18 Å². The first-order chi connectivity index (χ1) is 8.16. The molecule has 1 amide bonds. The fourth-order valence-electron chi connectivity index (χ4n) is 1.82. The number of carbonyl (C=O) groups excluding carboxylic acids is 1. The van der Waals surface area contributed by atoms with Crippen LogP contribution in [0.5, 0.6) is 0 Å². The van der Waals surface area contributed by atoms with Gasteiger partial charge in [-0.3, -0.25) is 4.79 Å². The largest absolute Gasteiger partial charge is 0.370 e. The van der Waals surface area contributed by atoms with Gasteiger partial charge in [0, 0.05) is 19.1 Å². The number of nitrogens with two attached hydrogens (primary N) is 1. The molecule has 2 rings (SSSR count). The molecule has 92 valence electrons. The van der Waals surface area contributed by atoms with E-state index in [2.05, 4.69) is 0 Å². The van der Waals surface area contributed by atoms with Gasteiger partial charge in [0.25, 0.3) is 0 Å². The summed E-state index contributed by atoms with van der Waals surface area (Å²) in [5.41, 5.74) is 6.65. The van der Waals surface area contributed by atoms with Crippen molar-refractivity contribution in [3.63, 3.8) is 0 Å². The highest BCUT2D eigenvalue weighted by molar-refractivity contribution is 5.78. The van der Waals surface area contributed by atoms with Crippen LogP contribution in [0, 0.1) is 5.82 Å². The summed E-state index contributed by atoms with van der Waals surface area (Å²) in [5.74, 6) is -0.380. The first kappa shape index (κ1) is 12.0. The predicted octanol–water partition coefficient (Wildman–Crippen LogP) is 0.684. The zero-order chi connectivity index (χ0) is 12.3. The number of nitrogens with zero attached hydrogens (tertiary/aromatic N) is 1. The minimum absolute atomic E-state index is 0.0666. The van der Waals surface area contributed by atoms with Gasteiger partial charge in [-0.2, -0.15) is 0 Å². The highest BCUT2D eigenvalue weighted by Crippen LogP contribution is 2.14. The molecule has 5 heteroatoms. The van der Waals surface area contributed by atoms with Crippen molar-refractivity contribution >= 4 is 5.91 Å². The fourth-order valence-corrected chi connectivity index (χ4v) is 1.82. The lowest BCUT2D eigenvalue weighted by Gasteiger charge is -2.29. The summed E-state index contributed by atoms with van der Waals surface area (Å²) < 4.78 is 18.1. The molecule has 0 radical (unpaired) electrons. The Morgan fingerprint density at radius 1 is 1.53 bits per heavy atom. The van der Waals surface area contributed by atoms with Crippen molar-refractivity contribution in [1.29, 1.82) is 0 Å². The van der Waals surface area contributed by atoms with Crippen LogP contribution in [0.2, 0.25) is 0 Å². The van der Waals surface area contributed by atoms with E-state index in [1.165, 1.54) is 12.1 Å². The maximum Gasteiger partial charge on any atom is 0.248 e. The first-order valence-electron chi connectivity index (χ1n) is 5.53. The Labute approximate surface area is 99.2 Å². The van der Waals surface area contributed by atoms with Gasteiger partial charge < -0.3 is 15.4 Å². The fraction of sp³-hybridized carbons (Fsp3) is 0.417. The van der Waals surface area contributed by atoms with E-state index in [1.54, 1.807) is 17.0 Å². The second-order valence-electron chi connectivity index (χ2n) is 4.05. The van der Waals surface area contributed by atoms with Crippen molar-refractivity contribution in [3.05, 3.63) is 35.6 Å². The van der Waals surface area contributed by atoms with Crippen LogP contribution in [-0.4, -0.2) is 37.1 Å². The minimum atomic E-state index is -0.368. The lowest BCUT2D eigenvalue weighted by atomic mass is 10.1. The van der Waals surface area contributed by atoms with E-state index in [0.717, 1.165) is 0 Å². The third kappa shape index (κ3) is 3.01. The molecule has 1 atom stereocenters. The number of amides is 1.